The van der Waals surface area contributed by atoms with Crippen LogP contribution in [0.3, 0.4) is 0 Å². The van der Waals surface area contributed by atoms with Crippen LogP contribution in [0.5, 0.6) is 0 Å². The van der Waals surface area contributed by atoms with Crippen LogP contribution in [0.4, 0.5) is 10.2 Å². The van der Waals surface area contributed by atoms with E-state index in [2.05, 4.69) is 9.97 Å². The van der Waals surface area contributed by atoms with E-state index in [4.69, 9.17) is 5.73 Å². The third-order valence-corrected chi connectivity index (χ3v) is 3.89. The van der Waals surface area contributed by atoms with Crippen LogP contribution < -0.4 is 5.73 Å². The molecular weight excluding hydrogens is 253 g/mol. The maximum Gasteiger partial charge on any atom is 0.135 e. The molecule has 0 atom stereocenters. The molecule has 20 heavy (non-hydrogen) atoms. The van der Waals surface area contributed by atoms with Gasteiger partial charge in [0.05, 0.1) is 0 Å². The summed E-state index contributed by atoms with van der Waals surface area (Å²) in [5.41, 5.74) is 7.50. The maximum atomic E-state index is 13.7. The van der Waals surface area contributed by atoms with Crippen LogP contribution in [0, 0.1) is 5.82 Å². The van der Waals surface area contributed by atoms with Gasteiger partial charge >= 0.3 is 0 Å². The fraction of sp³-hybridized carbons (Fsp3) is 0.375. The number of nitrogen functional groups attached to an aromatic ring is 1. The van der Waals surface area contributed by atoms with E-state index in [-0.39, 0.29) is 5.82 Å². The summed E-state index contributed by atoms with van der Waals surface area (Å²) in [4.78, 5) is 8.84. The molecule has 1 heterocycles. The molecule has 3 rings (SSSR count). The third kappa shape index (κ3) is 2.79. The van der Waals surface area contributed by atoms with E-state index >= 15 is 0 Å². The van der Waals surface area contributed by atoms with Gasteiger partial charge in [-0.25, -0.2) is 14.4 Å². The van der Waals surface area contributed by atoms with Crippen molar-refractivity contribution in [2.75, 3.05) is 5.73 Å². The molecule has 1 aromatic heterocycles. The monoisotopic (exact) mass is 271 g/mol. The average Bonchev–Trinajstić information content (AvgIpc) is 2.95. The van der Waals surface area contributed by atoms with E-state index in [1.165, 1.54) is 18.9 Å². The van der Waals surface area contributed by atoms with Gasteiger partial charge in [0.25, 0.3) is 0 Å². The number of hydrogen-bond acceptors (Lipinski definition) is 3. The molecule has 0 unspecified atom stereocenters. The van der Waals surface area contributed by atoms with Gasteiger partial charge < -0.3 is 5.73 Å². The number of nitrogens with two attached hydrogens (primary N) is 1. The Kier molecular flexibility index (Phi) is 3.63. The second-order valence-electron chi connectivity index (χ2n) is 5.38. The smallest absolute Gasteiger partial charge is 0.135 e. The van der Waals surface area contributed by atoms with Crippen LogP contribution in [0.25, 0.3) is 0 Å². The largest absolute Gasteiger partial charge is 0.384 e. The highest BCUT2D eigenvalue weighted by Crippen LogP contribution is 2.33. The SMILES string of the molecule is Nc1cc(C2CCCC2)nc(Cc2ccccc2F)n1. The Hall–Kier alpha value is -1.97. The summed E-state index contributed by atoms with van der Waals surface area (Å²) in [6, 6.07) is 8.59. The van der Waals surface area contributed by atoms with E-state index in [0.29, 0.717) is 29.5 Å². The van der Waals surface area contributed by atoms with Crippen LogP contribution in [0.1, 0.15) is 48.7 Å². The third-order valence-electron chi connectivity index (χ3n) is 3.89. The lowest BCUT2D eigenvalue weighted by Gasteiger charge is -2.11. The highest BCUT2D eigenvalue weighted by molar-refractivity contribution is 5.33. The second-order valence-corrected chi connectivity index (χ2v) is 5.38. The van der Waals surface area contributed by atoms with E-state index in [1.54, 1.807) is 12.1 Å². The van der Waals surface area contributed by atoms with Crippen LogP contribution in [0.15, 0.2) is 30.3 Å². The minimum atomic E-state index is -0.221. The molecule has 0 amide bonds. The molecule has 1 fully saturated rings. The Bertz CT molecular complexity index is 606. The molecule has 3 nitrogen and oxygen atoms in total. The first-order chi connectivity index (χ1) is 9.72. The van der Waals surface area contributed by atoms with Gasteiger partial charge in [-0.1, -0.05) is 31.0 Å². The van der Waals surface area contributed by atoms with E-state index in [1.807, 2.05) is 12.1 Å². The molecule has 104 valence electrons. The summed E-state index contributed by atoms with van der Waals surface area (Å²) in [5.74, 6) is 1.35. The van der Waals surface area contributed by atoms with Gasteiger partial charge in [-0.3, -0.25) is 0 Å². The first kappa shape index (κ1) is 13.0. The fourth-order valence-corrected chi connectivity index (χ4v) is 2.86. The molecule has 1 aliphatic carbocycles. The van der Waals surface area contributed by atoms with Crippen molar-refractivity contribution >= 4 is 5.82 Å². The normalized spacial score (nSPS) is 15.7. The quantitative estimate of drug-likeness (QED) is 0.930. The number of benzene rings is 1. The Morgan fingerprint density at radius 1 is 1.15 bits per heavy atom. The highest BCUT2D eigenvalue weighted by Gasteiger charge is 2.19. The zero-order chi connectivity index (χ0) is 13.9. The number of halogens is 1. The zero-order valence-corrected chi connectivity index (χ0v) is 11.3. The molecule has 0 aliphatic heterocycles. The molecular formula is C16H18FN3. The minimum Gasteiger partial charge on any atom is -0.384 e. The number of hydrogen-bond donors (Lipinski definition) is 1. The van der Waals surface area contributed by atoms with Crippen molar-refractivity contribution in [1.29, 1.82) is 0 Å². The van der Waals surface area contributed by atoms with Gasteiger partial charge in [0.15, 0.2) is 0 Å². The molecule has 1 aliphatic rings. The van der Waals surface area contributed by atoms with Crippen LogP contribution >= 0.6 is 0 Å². The van der Waals surface area contributed by atoms with Crippen molar-refractivity contribution in [2.24, 2.45) is 0 Å². The van der Waals surface area contributed by atoms with Gasteiger partial charge in [0.1, 0.15) is 17.5 Å². The Balaban J connectivity index is 1.88. The highest BCUT2D eigenvalue weighted by atomic mass is 19.1. The van der Waals surface area contributed by atoms with Gasteiger partial charge in [-0.05, 0) is 24.5 Å². The molecule has 1 aromatic carbocycles. The summed E-state index contributed by atoms with van der Waals surface area (Å²) in [6.45, 7) is 0. The first-order valence-corrected chi connectivity index (χ1v) is 7.09. The Morgan fingerprint density at radius 3 is 2.65 bits per heavy atom. The van der Waals surface area contributed by atoms with Crippen molar-refractivity contribution in [3.63, 3.8) is 0 Å². The summed E-state index contributed by atoms with van der Waals surface area (Å²) < 4.78 is 13.7. The predicted octanol–water partition coefficient (Wildman–Crippen LogP) is 3.45. The number of nitrogens with zero attached hydrogens (tertiary/aromatic N) is 2. The maximum absolute atomic E-state index is 13.7. The minimum absolute atomic E-state index is 0.221. The summed E-state index contributed by atoms with van der Waals surface area (Å²) in [7, 11) is 0. The molecule has 1 saturated carbocycles. The van der Waals surface area contributed by atoms with Crippen molar-refractivity contribution in [1.82, 2.24) is 9.97 Å². The lowest BCUT2D eigenvalue weighted by molar-refractivity contribution is 0.611. The first-order valence-electron chi connectivity index (χ1n) is 7.09. The van der Waals surface area contributed by atoms with Gasteiger partial charge in [-0.15, -0.1) is 0 Å². The van der Waals surface area contributed by atoms with Gasteiger partial charge in [-0.2, -0.15) is 0 Å². The summed E-state index contributed by atoms with van der Waals surface area (Å²) in [5, 5.41) is 0. The van der Waals surface area contributed by atoms with Crippen molar-refractivity contribution in [3.05, 3.63) is 53.2 Å². The van der Waals surface area contributed by atoms with E-state index < -0.39 is 0 Å². The molecule has 0 saturated heterocycles. The van der Waals surface area contributed by atoms with E-state index in [0.717, 1.165) is 18.5 Å². The number of aromatic nitrogens is 2. The summed E-state index contributed by atoms with van der Waals surface area (Å²) >= 11 is 0. The molecule has 0 bridgehead atoms. The lowest BCUT2D eigenvalue weighted by atomic mass is 10.0. The number of anilines is 1. The Labute approximate surface area is 118 Å². The van der Waals surface area contributed by atoms with Crippen molar-refractivity contribution in [2.45, 2.75) is 38.0 Å². The van der Waals surface area contributed by atoms with Crippen LogP contribution in [-0.4, -0.2) is 9.97 Å². The zero-order valence-electron chi connectivity index (χ0n) is 11.3. The Morgan fingerprint density at radius 2 is 1.90 bits per heavy atom. The molecule has 0 spiro atoms. The van der Waals surface area contributed by atoms with E-state index in [9.17, 15) is 4.39 Å². The predicted molar refractivity (Wildman–Crippen MR) is 76.9 cm³/mol. The molecule has 2 N–H and O–H groups in total. The molecule has 0 radical (unpaired) electrons. The standard InChI is InChI=1S/C16H18FN3/c17-13-8-4-3-7-12(13)9-16-19-14(10-15(18)20-16)11-5-1-2-6-11/h3-4,7-8,10-11H,1-2,5-6,9H2,(H2,18,19,20). The summed E-state index contributed by atoms with van der Waals surface area (Å²) in [6.07, 6.45) is 5.21. The van der Waals surface area contributed by atoms with Gasteiger partial charge in [0, 0.05) is 24.1 Å². The topological polar surface area (TPSA) is 51.8 Å². The van der Waals surface area contributed by atoms with Crippen molar-refractivity contribution < 1.29 is 4.39 Å². The van der Waals surface area contributed by atoms with Crippen molar-refractivity contribution in [3.8, 4) is 0 Å². The number of rotatable bonds is 3. The van der Waals surface area contributed by atoms with Gasteiger partial charge in [0.2, 0.25) is 0 Å². The molecule has 4 heteroatoms. The lowest BCUT2D eigenvalue weighted by Crippen LogP contribution is -2.07. The average molecular weight is 271 g/mol. The van der Waals surface area contributed by atoms with Crippen LogP contribution in [-0.2, 0) is 6.42 Å². The molecule has 2 aromatic rings. The fourth-order valence-electron chi connectivity index (χ4n) is 2.86. The van der Waals surface area contributed by atoms with Crippen LogP contribution in [0.2, 0.25) is 0 Å². The second kappa shape index (κ2) is 5.57.